The highest BCUT2D eigenvalue weighted by Crippen LogP contribution is 2.33. The van der Waals surface area contributed by atoms with E-state index >= 15 is 0 Å². The SMILES string of the molecule is O=C(CCc1c(-c2ccc(F)cc2)[nH]c2cc(O)ccc12)N[C@H]1C(=O)NC[C@@H]1O. The van der Waals surface area contributed by atoms with Crippen LogP contribution in [0.25, 0.3) is 22.2 Å². The van der Waals surface area contributed by atoms with E-state index in [1.165, 1.54) is 12.1 Å². The monoisotopic (exact) mass is 397 g/mol. The third kappa shape index (κ3) is 3.79. The van der Waals surface area contributed by atoms with E-state index < -0.39 is 18.1 Å². The van der Waals surface area contributed by atoms with Crippen molar-refractivity contribution in [1.82, 2.24) is 15.6 Å². The van der Waals surface area contributed by atoms with Crippen LogP contribution >= 0.6 is 0 Å². The largest absolute Gasteiger partial charge is 0.508 e. The molecule has 1 aliphatic rings. The van der Waals surface area contributed by atoms with Gasteiger partial charge in [-0.2, -0.15) is 0 Å². The van der Waals surface area contributed by atoms with Gasteiger partial charge < -0.3 is 25.8 Å². The number of aromatic nitrogens is 1. The van der Waals surface area contributed by atoms with Crippen LogP contribution in [0.5, 0.6) is 5.75 Å². The fraction of sp³-hybridized carbons (Fsp3) is 0.238. The van der Waals surface area contributed by atoms with Crippen LogP contribution in [0.1, 0.15) is 12.0 Å². The number of aryl methyl sites for hydroxylation is 1. The van der Waals surface area contributed by atoms with E-state index in [4.69, 9.17) is 0 Å². The number of rotatable bonds is 5. The van der Waals surface area contributed by atoms with Crippen LogP contribution in [0.2, 0.25) is 0 Å². The van der Waals surface area contributed by atoms with E-state index in [2.05, 4.69) is 15.6 Å². The molecule has 3 aromatic rings. The highest BCUT2D eigenvalue weighted by molar-refractivity contribution is 5.93. The number of aliphatic hydroxyl groups excluding tert-OH is 1. The summed E-state index contributed by atoms with van der Waals surface area (Å²) in [5.74, 6) is -1.00. The van der Waals surface area contributed by atoms with Gasteiger partial charge in [0.15, 0.2) is 0 Å². The Morgan fingerprint density at radius 3 is 2.66 bits per heavy atom. The Bertz CT molecular complexity index is 1080. The number of carbonyl (C=O) groups excluding carboxylic acids is 2. The van der Waals surface area contributed by atoms with Gasteiger partial charge in [-0.15, -0.1) is 0 Å². The van der Waals surface area contributed by atoms with Crippen molar-refractivity contribution in [2.24, 2.45) is 0 Å². The smallest absolute Gasteiger partial charge is 0.245 e. The number of aromatic hydroxyl groups is 1. The number of hydrogen-bond acceptors (Lipinski definition) is 4. The number of phenols is 1. The highest BCUT2D eigenvalue weighted by Gasteiger charge is 2.34. The summed E-state index contributed by atoms with van der Waals surface area (Å²) in [5, 5.41) is 25.5. The average molecular weight is 397 g/mol. The van der Waals surface area contributed by atoms with Crippen LogP contribution in [0.4, 0.5) is 4.39 Å². The first-order chi connectivity index (χ1) is 13.9. The molecule has 0 saturated carbocycles. The Morgan fingerprint density at radius 2 is 1.97 bits per heavy atom. The summed E-state index contributed by atoms with van der Waals surface area (Å²) in [6.07, 6.45) is -0.496. The zero-order valence-electron chi connectivity index (χ0n) is 15.4. The minimum absolute atomic E-state index is 0.0958. The maximum atomic E-state index is 13.3. The van der Waals surface area contributed by atoms with E-state index in [0.717, 1.165) is 22.2 Å². The molecule has 2 aromatic carbocycles. The number of β-amino-alcohol motifs (C(OH)–C–C–N with tert-alkyl or cyclic N) is 1. The number of aliphatic hydroxyl groups is 1. The molecule has 2 heterocycles. The van der Waals surface area contributed by atoms with Gasteiger partial charge in [-0.25, -0.2) is 4.39 Å². The molecule has 8 heteroatoms. The Labute approximate surface area is 165 Å². The van der Waals surface area contributed by atoms with Crippen LogP contribution < -0.4 is 10.6 Å². The maximum Gasteiger partial charge on any atom is 0.245 e. The molecule has 0 bridgehead atoms. The van der Waals surface area contributed by atoms with Crippen molar-refractivity contribution in [1.29, 1.82) is 0 Å². The minimum atomic E-state index is -0.947. The van der Waals surface area contributed by atoms with Crippen LogP contribution in [-0.2, 0) is 16.0 Å². The minimum Gasteiger partial charge on any atom is -0.508 e. The molecule has 0 radical (unpaired) electrons. The maximum absolute atomic E-state index is 13.3. The molecule has 0 unspecified atom stereocenters. The molecule has 0 spiro atoms. The third-order valence-electron chi connectivity index (χ3n) is 5.09. The van der Waals surface area contributed by atoms with Crippen molar-refractivity contribution < 1.29 is 24.2 Å². The molecule has 1 aliphatic heterocycles. The van der Waals surface area contributed by atoms with Crippen molar-refractivity contribution >= 4 is 22.7 Å². The van der Waals surface area contributed by atoms with E-state index in [1.54, 1.807) is 30.3 Å². The molecular formula is C21H20FN3O4. The van der Waals surface area contributed by atoms with Gasteiger partial charge in [0.1, 0.15) is 23.7 Å². The lowest BCUT2D eigenvalue weighted by molar-refractivity contribution is -0.128. The predicted octanol–water partition coefficient (Wildman–Crippen LogP) is 1.59. The summed E-state index contributed by atoms with van der Waals surface area (Å²) in [5.41, 5.74) is 3.03. The molecule has 0 aliphatic carbocycles. The van der Waals surface area contributed by atoms with Gasteiger partial charge in [0.25, 0.3) is 0 Å². The Morgan fingerprint density at radius 1 is 1.21 bits per heavy atom. The van der Waals surface area contributed by atoms with Crippen molar-refractivity contribution in [3.8, 4) is 17.0 Å². The zero-order chi connectivity index (χ0) is 20.5. The summed E-state index contributed by atoms with van der Waals surface area (Å²) < 4.78 is 13.3. The number of fused-ring (bicyclic) bond motifs is 1. The van der Waals surface area contributed by atoms with Crippen LogP contribution in [0, 0.1) is 5.82 Å². The zero-order valence-corrected chi connectivity index (χ0v) is 15.4. The standard InChI is InChI=1S/C21H20FN3O4/c22-12-3-1-11(2-4-12)19-15(14-6-5-13(26)9-16(14)24-19)7-8-18(28)25-20-17(27)10-23-21(20)29/h1-6,9,17,20,24,26-27H,7-8,10H2,(H,23,29)(H,25,28)/t17-,20+/m0/s1. The van der Waals surface area contributed by atoms with Gasteiger partial charge in [0.05, 0.1) is 0 Å². The lowest BCUT2D eigenvalue weighted by Gasteiger charge is -2.13. The number of carbonyl (C=O) groups is 2. The van der Waals surface area contributed by atoms with E-state index in [0.29, 0.717) is 11.9 Å². The van der Waals surface area contributed by atoms with Crippen molar-refractivity contribution in [3.05, 3.63) is 53.8 Å². The molecule has 7 nitrogen and oxygen atoms in total. The summed E-state index contributed by atoms with van der Waals surface area (Å²) in [7, 11) is 0. The van der Waals surface area contributed by atoms with Crippen LogP contribution in [-0.4, -0.2) is 45.7 Å². The highest BCUT2D eigenvalue weighted by atomic mass is 19.1. The first kappa shape index (κ1) is 18.9. The number of halogens is 1. The molecule has 2 atom stereocenters. The molecular weight excluding hydrogens is 377 g/mol. The lowest BCUT2D eigenvalue weighted by atomic mass is 10.0. The lowest BCUT2D eigenvalue weighted by Crippen LogP contribution is -2.45. The molecule has 1 saturated heterocycles. The molecule has 5 N–H and O–H groups in total. The number of benzene rings is 2. The van der Waals surface area contributed by atoms with Gasteiger partial charge in [-0.1, -0.05) is 0 Å². The normalized spacial score (nSPS) is 18.8. The summed E-state index contributed by atoms with van der Waals surface area (Å²) in [6.45, 7) is 0.116. The summed E-state index contributed by atoms with van der Waals surface area (Å²) in [6, 6.07) is 9.96. The average Bonchev–Trinajstić information content (AvgIpc) is 3.21. The quantitative estimate of drug-likeness (QED) is 0.450. The Balaban J connectivity index is 1.60. The first-order valence-corrected chi connectivity index (χ1v) is 9.27. The number of H-pyrrole nitrogens is 1. The molecule has 150 valence electrons. The second-order valence-corrected chi connectivity index (χ2v) is 7.07. The number of nitrogens with one attached hydrogen (secondary N) is 3. The number of hydrogen-bond donors (Lipinski definition) is 5. The molecule has 1 aromatic heterocycles. The fourth-order valence-electron chi connectivity index (χ4n) is 3.62. The summed E-state index contributed by atoms with van der Waals surface area (Å²) in [4.78, 5) is 27.3. The topological polar surface area (TPSA) is 114 Å². The van der Waals surface area contributed by atoms with Gasteiger partial charge in [-0.3, -0.25) is 9.59 Å². The second-order valence-electron chi connectivity index (χ2n) is 7.07. The predicted molar refractivity (Wildman–Crippen MR) is 105 cm³/mol. The third-order valence-corrected chi connectivity index (χ3v) is 5.09. The second kappa shape index (κ2) is 7.56. The first-order valence-electron chi connectivity index (χ1n) is 9.27. The number of aromatic amines is 1. The van der Waals surface area contributed by atoms with Crippen LogP contribution in [0.15, 0.2) is 42.5 Å². The Kier molecular flexibility index (Phi) is 4.94. The van der Waals surface area contributed by atoms with E-state index in [1.807, 2.05) is 0 Å². The van der Waals surface area contributed by atoms with Crippen molar-refractivity contribution in [2.75, 3.05) is 6.54 Å². The van der Waals surface area contributed by atoms with Gasteiger partial charge >= 0.3 is 0 Å². The van der Waals surface area contributed by atoms with E-state index in [9.17, 15) is 24.2 Å². The summed E-state index contributed by atoms with van der Waals surface area (Å²) >= 11 is 0. The molecule has 4 rings (SSSR count). The fourth-order valence-corrected chi connectivity index (χ4v) is 3.62. The van der Waals surface area contributed by atoms with Gasteiger partial charge in [-0.05, 0) is 53.9 Å². The van der Waals surface area contributed by atoms with Crippen LogP contribution in [0.3, 0.4) is 0 Å². The van der Waals surface area contributed by atoms with Gasteiger partial charge in [0, 0.05) is 35.6 Å². The number of phenolic OH excluding ortho intramolecular Hbond substituents is 1. The van der Waals surface area contributed by atoms with Gasteiger partial charge in [0.2, 0.25) is 11.8 Å². The molecule has 1 fully saturated rings. The number of amides is 2. The molecule has 2 amide bonds. The van der Waals surface area contributed by atoms with Crippen molar-refractivity contribution in [2.45, 2.75) is 25.0 Å². The Hall–Kier alpha value is -3.39. The van der Waals surface area contributed by atoms with Crippen molar-refractivity contribution in [3.63, 3.8) is 0 Å². The van der Waals surface area contributed by atoms with E-state index in [-0.39, 0.29) is 30.4 Å². The molecule has 29 heavy (non-hydrogen) atoms.